The average Bonchev–Trinajstić information content (AvgIpc) is 3.20. The molecule has 3 rings (SSSR count). The van der Waals surface area contributed by atoms with E-state index in [0.29, 0.717) is 19.1 Å². The fraction of sp³-hybridized carbons (Fsp3) is 0.471. The van der Waals surface area contributed by atoms with Crippen LogP contribution in [0.3, 0.4) is 0 Å². The van der Waals surface area contributed by atoms with Gasteiger partial charge in [-0.15, -0.1) is 0 Å². The zero-order valence-electron chi connectivity index (χ0n) is 13.4. The minimum absolute atomic E-state index is 0.171. The van der Waals surface area contributed by atoms with Crippen LogP contribution in [0.1, 0.15) is 6.42 Å². The first-order valence-electron chi connectivity index (χ1n) is 7.96. The van der Waals surface area contributed by atoms with Crippen LogP contribution in [0.15, 0.2) is 30.5 Å². The Morgan fingerprint density at radius 2 is 2.35 bits per heavy atom. The molecule has 1 atom stereocenters. The fourth-order valence-electron chi connectivity index (χ4n) is 2.82. The van der Waals surface area contributed by atoms with Gasteiger partial charge in [0.2, 0.25) is 0 Å². The summed E-state index contributed by atoms with van der Waals surface area (Å²) < 4.78 is 12.6. The molecule has 1 aliphatic heterocycles. The lowest BCUT2D eigenvalue weighted by Crippen LogP contribution is -2.33. The van der Waals surface area contributed by atoms with Crippen LogP contribution in [0.2, 0.25) is 0 Å². The number of benzene rings is 1. The zero-order valence-corrected chi connectivity index (χ0v) is 13.4. The predicted molar refractivity (Wildman–Crippen MR) is 89.8 cm³/mol. The van der Waals surface area contributed by atoms with Gasteiger partial charge in [-0.1, -0.05) is 0 Å². The molecule has 124 valence electrons. The van der Waals surface area contributed by atoms with Gasteiger partial charge >= 0.3 is 6.03 Å². The first kappa shape index (κ1) is 15.8. The maximum atomic E-state index is 12.0. The van der Waals surface area contributed by atoms with Crippen molar-refractivity contribution in [3.63, 3.8) is 0 Å². The number of methoxy groups -OCH3 is 1. The second-order valence-electron chi connectivity index (χ2n) is 5.84. The van der Waals surface area contributed by atoms with Crippen LogP contribution in [-0.4, -0.2) is 44.1 Å². The van der Waals surface area contributed by atoms with Gasteiger partial charge in [-0.25, -0.2) is 4.79 Å². The van der Waals surface area contributed by atoms with E-state index in [1.165, 1.54) is 0 Å². The summed E-state index contributed by atoms with van der Waals surface area (Å²) in [4.78, 5) is 12.0. The molecule has 1 aromatic carbocycles. The van der Waals surface area contributed by atoms with E-state index in [2.05, 4.69) is 15.2 Å². The lowest BCUT2D eigenvalue weighted by Gasteiger charge is -2.11. The molecule has 0 saturated carbocycles. The molecular weight excluding hydrogens is 294 g/mol. The number of fused-ring (bicyclic) bond motifs is 1. The molecule has 2 aromatic rings. The second kappa shape index (κ2) is 7.48. The number of aromatic nitrogens is 1. The highest BCUT2D eigenvalue weighted by Gasteiger charge is 2.16. The van der Waals surface area contributed by atoms with Gasteiger partial charge in [-0.2, -0.15) is 0 Å². The number of carbonyl (C=O) groups excluding carboxylic acids is 1. The highest BCUT2D eigenvalue weighted by molar-refractivity contribution is 5.92. The van der Waals surface area contributed by atoms with E-state index in [0.717, 1.165) is 42.8 Å². The third kappa shape index (κ3) is 4.03. The molecule has 0 spiro atoms. The molecule has 0 bridgehead atoms. The van der Waals surface area contributed by atoms with Crippen molar-refractivity contribution >= 4 is 22.6 Å². The summed E-state index contributed by atoms with van der Waals surface area (Å²) >= 11 is 0. The van der Waals surface area contributed by atoms with Crippen LogP contribution in [0.5, 0.6) is 0 Å². The van der Waals surface area contributed by atoms with Crippen molar-refractivity contribution in [2.45, 2.75) is 13.0 Å². The van der Waals surface area contributed by atoms with Crippen LogP contribution >= 0.6 is 0 Å². The monoisotopic (exact) mass is 317 g/mol. The molecule has 1 aromatic heterocycles. The van der Waals surface area contributed by atoms with E-state index >= 15 is 0 Å². The Morgan fingerprint density at radius 3 is 3.13 bits per heavy atom. The molecule has 1 fully saturated rings. The van der Waals surface area contributed by atoms with E-state index in [4.69, 9.17) is 9.47 Å². The molecule has 2 N–H and O–H groups in total. The molecule has 6 heteroatoms. The Labute approximate surface area is 135 Å². The Balaban J connectivity index is 1.58. The summed E-state index contributed by atoms with van der Waals surface area (Å²) in [7, 11) is 1.70. The van der Waals surface area contributed by atoms with Crippen molar-refractivity contribution in [2.24, 2.45) is 5.92 Å². The van der Waals surface area contributed by atoms with Crippen molar-refractivity contribution in [2.75, 3.05) is 38.8 Å². The molecule has 2 heterocycles. The number of hydrogen-bond acceptors (Lipinski definition) is 3. The van der Waals surface area contributed by atoms with Crippen LogP contribution < -0.4 is 10.6 Å². The standard InChI is InChI=1S/C17H23N3O3/c1-22-9-7-20-6-4-14-10-15(2-3-16(14)20)19-17(21)18-11-13-5-8-23-12-13/h2-4,6,10,13H,5,7-9,11-12H2,1H3,(H2,18,19,21)/t13-/m0/s1. The topological polar surface area (TPSA) is 64.5 Å². The van der Waals surface area contributed by atoms with Gasteiger partial charge in [0.1, 0.15) is 0 Å². The van der Waals surface area contributed by atoms with E-state index in [-0.39, 0.29) is 6.03 Å². The number of carbonyl (C=O) groups is 1. The number of nitrogens with zero attached hydrogens (tertiary/aromatic N) is 1. The Morgan fingerprint density at radius 1 is 1.43 bits per heavy atom. The van der Waals surface area contributed by atoms with Gasteiger partial charge in [-0.05, 0) is 30.7 Å². The van der Waals surface area contributed by atoms with Gasteiger partial charge in [0, 0.05) is 55.5 Å². The number of anilines is 1. The van der Waals surface area contributed by atoms with Gasteiger partial charge in [0.25, 0.3) is 0 Å². The third-order valence-electron chi connectivity index (χ3n) is 4.14. The largest absolute Gasteiger partial charge is 0.383 e. The van der Waals surface area contributed by atoms with E-state index in [1.54, 1.807) is 7.11 Å². The smallest absolute Gasteiger partial charge is 0.319 e. The highest BCUT2D eigenvalue weighted by atomic mass is 16.5. The molecule has 1 saturated heterocycles. The van der Waals surface area contributed by atoms with Crippen molar-refractivity contribution in [1.82, 2.24) is 9.88 Å². The summed E-state index contributed by atoms with van der Waals surface area (Å²) in [5, 5.41) is 6.89. The Kier molecular flexibility index (Phi) is 5.15. The highest BCUT2D eigenvalue weighted by Crippen LogP contribution is 2.20. The van der Waals surface area contributed by atoms with Crippen LogP contribution in [-0.2, 0) is 16.0 Å². The zero-order chi connectivity index (χ0) is 16.1. The third-order valence-corrected chi connectivity index (χ3v) is 4.14. The predicted octanol–water partition coefficient (Wildman–Crippen LogP) is 2.45. The SMILES string of the molecule is COCCn1ccc2cc(NC(=O)NC[C@@H]3CCOC3)ccc21. The number of ether oxygens (including phenoxy) is 2. The Hall–Kier alpha value is -2.05. The van der Waals surface area contributed by atoms with Gasteiger partial charge in [-0.3, -0.25) is 0 Å². The minimum Gasteiger partial charge on any atom is -0.383 e. The minimum atomic E-state index is -0.171. The number of hydrogen-bond donors (Lipinski definition) is 2. The number of rotatable bonds is 6. The lowest BCUT2D eigenvalue weighted by molar-refractivity contribution is 0.185. The number of urea groups is 1. The van der Waals surface area contributed by atoms with Crippen molar-refractivity contribution < 1.29 is 14.3 Å². The second-order valence-corrected chi connectivity index (χ2v) is 5.84. The lowest BCUT2D eigenvalue weighted by atomic mass is 10.1. The van der Waals surface area contributed by atoms with Crippen molar-refractivity contribution in [1.29, 1.82) is 0 Å². The van der Waals surface area contributed by atoms with Gasteiger partial charge < -0.3 is 24.7 Å². The molecule has 2 amide bonds. The summed E-state index contributed by atoms with van der Waals surface area (Å²) in [5.74, 6) is 0.429. The van der Waals surface area contributed by atoms with Crippen LogP contribution in [0, 0.1) is 5.92 Å². The first-order valence-corrected chi connectivity index (χ1v) is 7.96. The molecule has 1 aliphatic rings. The normalized spacial score (nSPS) is 17.5. The maximum absolute atomic E-state index is 12.0. The molecule has 6 nitrogen and oxygen atoms in total. The number of amides is 2. The maximum Gasteiger partial charge on any atom is 0.319 e. The summed E-state index contributed by atoms with van der Waals surface area (Å²) in [6, 6.07) is 7.80. The van der Waals surface area contributed by atoms with E-state index in [1.807, 2.05) is 30.5 Å². The summed E-state index contributed by atoms with van der Waals surface area (Å²) in [6.45, 7) is 3.68. The van der Waals surface area contributed by atoms with Gasteiger partial charge in [0.15, 0.2) is 0 Å². The van der Waals surface area contributed by atoms with Crippen LogP contribution in [0.25, 0.3) is 10.9 Å². The van der Waals surface area contributed by atoms with E-state index < -0.39 is 0 Å². The quantitative estimate of drug-likeness (QED) is 0.860. The summed E-state index contributed by atoms with van der Waals surface area (Å²) in [6.07, 6.45) is 3.05. The summed E-state index contributed by atoms with van der Waals surface area (Å²) in [5.41, 5.74) is 1.93. The Bertz CT molecular complexity index is 662. The molecular formula is C17H23N3O3. The van der Waals surface area contributed by atoms with E-state index in [9.17, 15) is 4.79 Å². The average molecular weight is 317 g/mol. The van der Waals surface area contributed by atoms with Crippen molar-refractivity contribution in [3.05, 3.63) is 30.5 Å². The van der Waals surface area contributed by atoms with Crippen LogP contribution in [0.4, 0.5) is 10.5 Å². The molecule has 23 heavy (non-hydrogen) atoms. The molecule has 0 radical (unpaired) electrons. The molecule has 0 unspecified atom stereocenters. The van der Waals surface area contributed by atoms with Gasteiger partial charge in [0.05, 0.1) is 13.2 Å². The van der Waals surface area contributed by atoms with Crippen molar-refractivity contribution in [3.8, 4) is 0 Å². The molecule has 0 aliphatic carbocycles. The fourth-order valence-corrected chi connectivity index (χ4v) is 2.82. The first-order chi connectivity index (χ1) is 11.3. The number of nitrogens with one attached hydrogen (secondary N) is 2.